The predicted molar refractivity (Wildman–Crippen MR) is 108 cm³/mol. The third kappa shape index (κ3) is 6.99. The van der Waals surface area contributed by atoms with Gasteiger partial charge in [-0.2, -0.15) is 0 Å². The summed E-state index contributed by atoms with van der Waals surface area (Å²) in [6, 6.07) is 11.0. The Kier molecular flexibility index (Phi) is 8.88. The number of pyridine rings is 1. The molecular formula is C23H31NO2. The van der Waals surface area contributed by atoms with E-state index in [9.17, 15) is 4.79 Å². The quantitative estimate of drug-likeness (QED) is 0.442. The lowest BCUT2D eigenvalue weighted by Crippen LogP contribution is -1.95. The van der Waals surface area contributed by atoms with Gasteiger partial charge < -0.3 is 5.11 Å². The number of carbonyl (C=O) groups is 1. The third-order valence-electron chi connectivity index (χ3n) is 4.82. The molecule has 1 N–H and O–H groups in total. The molecule has 3 heteroatoms. The number of unbranched alkanes of at least 4 members (excludes halogenated alkanes) is 8. The monoisotopic (exact) mass is 353 g/mol. The first-order valence-corrected chi connectivity index (χ1v) is 9.99. The number of nitrogens with zero attached hydrogens (tertiary/aromatic N) is 1. The van der Waals surface area contributed by atoms with Crippen LogP contribution in [0.3, 0.4) is 0 Å². The highest BCUT2D eigenvalue weighted by Crippen LogP contribution is 2.19. The number of carboxylic acid groups (broad SMARTS) is 1. The van der Waals surface area contributed by atoms with Crippen molar-refractivity contribution in [3.05, 3.63) is 53.7 Å². The van der Waals surface area contributed by atoms with E-state index < -0.39 is 5.97 Å². The Labute approximate surface area is 157 Å². The smallest absolute Gasteiger partial charge is 0.335 e. The number of carboxylic acids is 1. The molecule has 2 aromatic rings. The molecule has 3 nitrogen and oxygen atoms in total. The normalized spacial score (nSPS) is 10.8. The Bertz CT molecular complexity index is 647. The van der Waals surface area contributed by atoms with Crippen LogP contribution in [0.15, 0.2) is 42.6 Å². The fourth-order valence-electron chi connectivity index (χ4n) is 3.17. The molecule has 0 unspecified atom stereocenters. The largest absolute Gasteiger partial charge is 0.478 e. The predicted octanol–water partition coefficient (Wildman–Crippen LogP) is 6.52. The highest BCUT2D eigenvalue weighted by Gasteiger charge is 2.04. The van der Waals surface area contributed by atoms with Gasteiger partial charge in [0.25, 0.3) is 0 Å². The molecule has 0 atom stereocenters. The van der Waals surface area contributed by atoms with Crippen molar-refractivity contribution in [2.24, 2.45) is 0 Å². The van der Waals surface area contributed by atoms with Gasteiger partial charge in [-0.05, 0) is 36.6 Å². The molecule has 1 aromatic carbocycles. The molecule has 0 bridgehead atoms. The average Bonchev–Trinajstić information content (AvgIpc) is 2.67. The van der Waals surface area contributed by atoms with E-state index in [0.717, 1.165) is 17.7 Å². The van der Waals surface area contributed by atoms with Crippen molar-refractivity contribution < 1.29 is 9.90 Å². The summed E-state index contributed by atoms with van der Waals surface area (Å²) in [5.74, 6) is -0.902. The molecule has 0 radical (unpaired) electrons. The molecule has 140 valence electrons. The first-order chi connectivity index (χ1) is 12.7. The maximum atomic E-state index is 10.9. The molecule has 0 saturated heterocycles. The fraction of sp³-hybridized carbons (Fsp3) is 0.478. The van der Waals surface area contributed by atoms with Crippen LogP contribution < -0.4 is 0 Å². The molecule has 0 amide bonds. The lowest BCUT2D eigenvalue weighted by molar-refractivity contribution is 0.0697. The number of hydrogen-bond acceptors (Lipinski definition) is 2. The number of benzene rings is 1. The second-order valence-electron chi connectivity index (χ2n) is 7.01. The van der Waals surface area contributed by atoms with Gasteiger partial charge in [-0.3, -0.25) is 4.98 Å². The van der Waals surface area contributed by atoms with Gasteiger partial charge >= 0.3 is 5.97 Å². The number of hydrogen-bond donors (Lipinski definition) is 1. The number of aromatic nitrogens is 1. The van der Waals surface area contributed by atoms with Crippen LogP contribution in [0.1, 0.15) is 80.6 Å². The van der Waals surface area contributed by atoms with E-state index in [1.807, 2.05) is 24.4 Å². The summed E-state index contributed by atoms with van der Waals surface area (Å²) in [6.45, 7) is 2.26. The van der Waals surface area contributed by atoms with Gasteiger partial charge in [0.2, 0.25) is 0 Å². The average molecular weight is 354 g/mol. The number of aromatic carboxylic acids is 1. The van der Waals surface area contributed by atoms with E-state index in [1.165, 1.54) is 63.4 Å². The molecule has 0 saturated carbocycles. The first-order valence-electron chi connectivity index (χ1n) is 9.99. The Balaban J connectivity index is 1.68. The molecule has 0 aliphatic carbocycles. The van der Waals surface area contributed by atoms with E-state index in [-0.39, 0.29) is 0 Å². The molecule has 0 aliphatic rings. The third-order valence-corrected chi connectivity index (χ3v) is 4.82. The van der Waals surface area contributed by atoms with Gasteiger partial charge in [0.05, 0.1) is 11.3 Å². The zero-order valence-electron chi connectivity index (χ0n) is 15.9. The van der Waals surface area contributed by atoms with Gasteiger partial charge in [-0.15, -0.1) is 0 Å². The van der Waals surface area contributed by atoms with Crippen molar-refractivity contribution in [2.75, 3.05) is 0 Å². The molecule has 0 spiro atoms. The van der Waals surface area contributed by atoms with E-state index >= 15 is 0 Å². The Morgan fingerprint density at radius 1 is 0.846 bits per heavy atom. The molecule has 2 rings (SSSR count). The summed E-state index contributed by atoms with van der Waals surface area (Å²) in [6.07, 6.45) is 15.1. The van der Waals surface area contributed by atoms with Gasteiger partial charge in [-0.25, -0.2) is 4.79 Å². The van der Waals surface area contributed by atoms with Crippen molar-refractivity contribution in [1.82, 2.24) is 4.98 Å². The summed E-state index contributed by atoms with van der Waals surface area (Å²) in [4.78, 5) is 15.4. The zero-order valence-corrected chi connectivity index (χ0v) is 15.9. The maximum Gasteiger partial charge on any atom is 0.335 e. The summed E-state index contributed by atoms with van der Waals surface area (Å²) >= 11 is 0. The highest BCUT2D eigenvalue weighted by atomic mass is 16.4. The molecular weight excluding hydrogens is 322 g/mol. The van der Waals surface area contributed by atoms with E-state index in [2.05, 4.69) is 18.0 Å². The summed E-state index contributed by atoms with van der Waals surface area (Å²) in [5, 5.41) is 8.95. The van der Waals surface area contributed by atoms with Crippen molar-refractivity contribution in [2.45, 2.75) is 71.1 Å². The fourth-order valence-corrected chi connectivity index (χ4v) is 3.17. The summed E-state index contributed by atoms with van der Waals surface area (Å²) < 4.78 is 0. The minimum atomic E-state index is -0.902. The zero-order chi connectivity index (χ0) is 18.6. The van der Waals surface area contributed by atoms with Crippen molar-refractivity contribution in [1.29, 1.82) is 0 Å². The van der Waals surface area contributed by atoms with Crippen LogP contribution in [-0.4, -0.2) is 16.1 Å². The maximum absolute atomic E-state index is 10.9. The standard InChI is InChI=1S/C23H31NO2/c1-2-3-4-5-6-7-8-9-10-11-19-12-17-22(24-18-19)20-13-15-21(16-14-20)23(25)26/h12-18H,2-11H2,1H3,(H,25,26). The van der Waals surface area contributed by atoms with Crippen LogP contribution >= 0.6 is 0 Å². The summed E-state index contributed by atoms with van der Waals surface area (Å²) in [7, 11) is 0. The Morgan fingerprint density at radius 3 is 2.00 bits per heavy atom. The minimum Gasteiger partial charge on any atom is -0.478 e. The van der Waals surface area contributed by atoms with E-state index in [4.69, 9.17) is 5.11 Å². The topological polar surface area (TPSA) is 50.2 Å². The number of rotatable bonds is 12. The van der Waals surface area contributed by atoms with Crippen LogP contribution in [0.5, 0.6) is 0 Å². The van der Waals surface area contributed by atoms with Crippen molar-refractivity contribution in [3.8, 4) is 11.3 Å². The molecule has 0 fully saturated rings. The molecule has 26 heavy (non-hydrogen) atoms. The van der Waals surface area contributed by atoms with Crippen LogP contribution in [0.2, 0.25) is 0 Å². The first kappa shape index (κ1) is 20.2. The van der Waals surface area contributed by atoms with Gasteiger partial charge in [0, 0.05) is 11.8 Å². The molecule has 1 aromatic heterocycles. The lowest BCUT2D eigenvalue weighted by atomic mass is 10.0. The lowest BCUT2D eigenvalue weighted by Gasteiger charge is -2.05. The Hall–Kier alpha value is -2.16. The van der Waals surface area contributed by atoms with Crippen LogP contribution in [0.25, 0.3) is 11.3 Å². The molecule has 1 heterocycles. The van der Waals surface area contributed by atoms with Crippen LogP contribution in [0, 0.1) is 0 Å². The second-order valence-corrected chi connectivity index (χ2v) is 7.01. The Morgan fingerprint density at radius 2 is 1.46 bits per heavy atom. The summed E-state index contributed by atoms with van der Waals surface area (Å²) in [5.41, 5.74) is 3.41. The van der Waals surface area contributed by atoms with Gasteiger partial charge in [0.15, 0.2) is 0 Å². The van der Waals surface area contributed by atoms with Crippen molar-refractivity contribution in [3.63, 3.8) is 0 Å². The van der Waals surface area contributed by atoms with Crippen LogP contribution in [0.4, 0.5) is 0 Å². The highest BCUT2D eigenvalue weighted by molar-refractivity contribution is 5.88. The van der Waals surface area contributed by atoms with Crippen LogP contribution in [-0.2, 0) is 6.42 Å². The minimum absolute atomic E-state index is 0.302. The van der Waals surface area contributed by atoms with Gasteiger partial charge in [0.1, 0.15) is 0 Å². The van der Waals surface area contributed by atoms with Crippen molar-refractivity contribution >= 4 is 5.97 Å². The van der Waals surface area contributed by atoms with E-state index in [0.29, 0.717) is 5.56 Å². The number of aryl methyl sites for hydroxylation is 1. The molecule has 0 aliphatic heterocycles. The van der Waals surface area contributed by atoms with Gasteiger partial charge in [-0.1, -0.05) is 76.5 Å². The second kappa shape index (κ2) is 11.5. The van der Waals surface area contributed by atoms with E-state index in [1.54, 1.807) is 12.1 Å². The SMILES string of the molecule is CCCCCCCCCCCc1ccc(-c2ccc(C(=O)O)cc2)nc1.